The van der Waals surface area contributed by atoms with Crippen molar-refractivity contribution in [3.05, 3.63) is 24.3 Å². The number of carbonyl (C=O) groups excluding carboxylic acids is 3. The highest BCUT2D eigenvalue weighted by Crippen LogP contribution is 2.66. The molecule has 3 saturated heterocycles. The summed E-state index contributed by atoms with van der Waals surface area (Å²) in [5.74, 6) is -0.629. The quantitative estimate of drug-likeness (QED) is 0.467. The highest BCUT2D eigenvalue weighted by atomic mass is 32.2. The van der Waals surface area contributed by atoms with E-state index >= 15 is 0 Å². The number of benzene rings is 1. The number of likely N-dealkylation sites (tertiary alicyclic amines) is 1. The van der Waals surface area contributed by atoms with Crippen LogP contribution in [0.25, 0.3) is 0 Å². The first kappa shape index (κ1) is 25.4. The predicted molar refractivity (Wildman–Crippen MR) is 139 cm³/mol. The van der Waals surface area contributed by atoms with Gasteiger partial charge in [0.05, 0.1) is 23.2 Å². The van der Waals surface area contributed by atoms with E-state index in [9.17, 15) is 19.5 Å². The average molecular weight is 516 g/mol. The molecule has 9 heteroatoms. The normalized spacial score (nSPS) is 31.4. The summed E-state index contributed by atoms with van der Waals surface area (Å²) < 4.78 is 4.90. The molecule has 8 nitrogen and oxygen atoms in total. The Kier molecular flexibility index (Phi) is 7.49. The van der Waals surface area contributed by atoms with Crippen LogP contribution in [0.15, 0.2) is 24.3 Å². The van der Waals surface area contributed by atoms with E-state index < -0.39 is 22.6 Å². The van der Waals surface area contributed by atoms with Crippen LogP contribution in [0.2, 0.25) is 0 Å². The summed E-state index contributed by atoms with van der Waals surface area (Å²) in [5.41, 5.74) is 0.666. The molecule has 1 saturated carbocycles. The van der Waals surface area contributed by atoms with E-state index in [1.54, 1.807) is 16.7 Å². The van der Waals surface area contributed by atoms with Crippen molar-refractivity contribution in [2.75, 3.05) is 25.1 Å². The Labute approximate surface area is 216 Å². The Morgan fingerprint density at radius 1 is 1.14 bits per heavy atom. The number of hydrogen-bond acceptors (Lipinski definition) is 6. The molecule has 4 aliphatic rings. The van der Waals surface area contributed by atoms with E-state index in [2.05, 4.69) is 10.6 Å². The van der Waals surface area contributed by atoms with Crippen molar-refractivity contribution in [2.45, 2.75) is 80.4 Å². The smallest absolute Gasteiger partial charge is 0.244 e. The standard InChI is InChI=1S/C27H37N3O5S/c1-2-35-19-11-9-18(10-12-19)28-24(32)21-20-13-14-27(36-20)22(21)26(34)30(15-6-16-31)23(27)25(33)29-17-7-4-3-5-8-17/h9-12,17,20-23,31H,2-8,13-16H2,1H3,(H,28,32)(H,29,33)/t20-,21+,22-,23?,27?/m0/s1. The van der Waals surface area contributed by atoms with Crippen molar-refractivity contribution in [3.8, 4) is 5.75 Å². The second kappa shape index (κ2) is 10.6. The van der Waals surface area contributed by atoms with Crippen LogP contribution in [0.1, 0.15) is 58.3 Å². The maximum atomic E-state index is 13.8. The minimum Gasteiger partial charge on any atom is -0.494 e. The molecule has 1 aromatic rings. The van der Waals surface area contributed by atoms with Crippen molar-refractivity contribution >= 4 is 35.2 Å². The van der Waals surface area contributed by atoms with Crippen LogP contribution in [-0.4, -0.2) is 69.6 Å². The topological polar surface area (TPSA) is 108 Å². The molecule has 1 aliphatic carbocycles. The van der Waals surface area contributed by atoms with Crippen molar-refractivity contribution in [1.82, 2.24) is 10.2 Å². The van der Waals surface area contributed by atoms with Crippen LogP contribution < -0.4 is 15.4 Å². The van der Waals surface area contributed by atoms with Crippen LogP contribution >= 0.6 is 11.8 Å². The van der Waals surface area contributed by atoms with Gasteiger partial charge in [-0.3, -0.25) is 14.4 Å². The van der Waals surface area contributed by atoms with Gasteiger partial charge in [-0.2, -0.15) is 0 Å². The average Bonchev–Trinajstić information content (AvgIpc) is 3.52. The lowest BCUT2D eigenvalue weighted by atomic mass is 9.70. The number of hydrogen-bond donors (Lipinski definition) is 3. The molecule has 36 heavy (non-hydrogen) atoms. The molecular weight excluding hydrogens is 478 g/mol. The minimum absolute atomic E-state index is 0.0200. The van der Waals surface area contributed by atoms with Gasteiger partial charge in [-0.05, 0) is 63.3 Å². The summed E-state index contributed by atoms with van der Waals surface area (Å²) in [5, 5.41) is 15.8. The van der Waals surface area contributed by atoms with E-state index in [4.69, 9.17) is 4.74 Å². The third-order valence-corrected chi connectivity index (χ3v) is 10.2. The summed E-state index contributed by atoms with van der Waals surface area (Å²) in [6.45, 7) is 2.77. The fourth-order valence-corrected chi connectivity index (χ4v) is 9.01. The van der Waals surface area contributed by atoms with Crippen molar-refractivity contribution in [3.63, 3.8) is 0 Å². The molecular formula is C27H37N3O5S. The number of ether oxygens (including phenoxy) is 1. The number of nitrogens with zero attached hydrogens (tertiary/aromatic N) is 1. The summed E-state index contributed by atoms with van der Waals surface area (Å²) in [6, 6.07) is 6.81. The number of thioether (sulfide) groups is 1. The summed E-state index contributed by atoms with van der Waals surface area (Å²) >= 11 is 1.68. The van der Waals surface area contributed by atoms with Gasteiger partial charge in [-0.1, -0.05) is 19.3 Å². The Morgan fingerprint density at radius 3 is 2.58 bits per heavy atom. The molecule has 4 fully saturated rings. The molecule has 2 bridgehead atoms. The predicted octanol–water partition coefficient (Wildman–Crippen LogP) is 2.95. The number of nitrogens with one attached hydrogen (secondary N) is 2. The second-order valence-corrected chi connectivity index (χ2v) is 12.1. The first-order valence-electron chi connectivity index (χ1n) is 13.4. The molecule has 0 radical (unpaired) electrons. The Bertz CT molecular complexity index is 982. The van der Waals surface area contributed by atoms with Crippen LogP contribution in [0.4, 0.5) is 5.69 Å². The van der Waals surface area contributed by atoms with Crippen molar-refractivity contribution in [2.24, 2.45) is 11.8 Å². The number of carbonyl (C=O) groups is 3. The number of aliphatic hydroxyl groups excluding tert-OH is 1. The van der Waals surface area contributed by atoms with Crippen LogP contribution in [-0.2, 0) is 14.4 Å². The lowest BCUT2D eigenvalue weighted by Gasteiger charge is -2.35. The van der Waals surface area contributed by atoms with Crippen LogP contribution in [0.3, 0.4) is 0 Å². The molecule has 1 aromatic carbocycles. The van der Waals surface area contributed by atoms with Gasteiger partial charge < -0.3 is 25.4 Å². The van der Waals surface area contributed by atoms with Gasteiger partial charge in [0.1, 0.15) is 11.8 Å². The Balaban J connectivity index is 1.37. The maximum absolute atomic E-state index is 13.8. The first-order valence-corrected chi connectivity index (χ1v) is 14.3. The van der Waals surface area contributed by atoms with Gasteiger partial charge in [0.25, 0.3) is 0 Å². The zero-order chi connectivity index (χ0) is 25.3. The van der Waals surface area contributed by atoms with Gasteiger partial charge in [0.2, 0.25) is 17.7 Å². The number of aliphatic hydroxyl groups is 1. The summed E-state index contributed by atoms with van der Waals surface area (Å²) in [7, 11) is 0. The number of rotatable bonds is 9. The zero-order valence-electron chi connectivity index (χ0n) is 20.9. The number of amides is 3. The van der Waals surface area contributed by atoms with Crippen molar-refractivity contribution in [1.29, 1.82) is 0 Å². The molecule has 1 spiro atoms. The summed E-state index contributed by atoms with van der Waals surface area (Å²) in [4.78, 5) is 42.8. The number of fused-ring (bicyclic) bond motifs is 1. The highest BCUT2D eigenvalue weighted by molar-refractivity contribution is 8.02. The SMILES string of the molecule is CCOc1ccc(NC(=O)[C@@H]2[C@@H]3CCC4(S3)C(C(=O)NC3CCCCC3)N(CCCO)C(=O)[C@H]24)cc1. The molecule has 3 N–H and O–H groups in total. The minimum atomic E-state index is -0.596. The van der Waals surface area contributed by atoms with E-state index in [0.29, 0.717) is 25.3 Å². The zero-order valence-corrected chi connectivity index (χ0v) is 21.7. The Hall–Kier alpha value is -2.26. The van der Waals surface area contributed by atoms with E-state index in [-0.39, 0.29) is 35.6 Å². The lowest BCUT2D eigenvalue weighted by molar-refractivity contribution is -0.139. The molecule has 5 rings (SSSR count). The van der Waals surface area contributed by atoms with Gasteiger partial charge in [0.15, 0.2) is 0 Å². The first-order chi connectivity index (χ1) is 17.5. The number of anilines is 1. The molecule has 0 aromatic heterocycles. The van der Waals surface area contributed by atoms with Crippen LogP contribution in [0.5, 0.6) is 5.75 Å². The van der Waals surface area contributed by atoms with E-state index in [0.717, 1.165) is 44.3 Å². The fraction of sp³-hybridized carbons (Fsp3) is 0.667. The van der Waals surface area contributed by atoms with Gasteiger partial charge in [-0.15, -0.1) is 11.8 Å². The van der Waals surface area contributed by atoms with Crippen LogP contribution in [0, 0.1) is 11.8 Å². The van der Waals surface area contributed by atoms with E-state index in [1.165, 1.54) is 6.42 Å². The molecule has 3 aliphatic heterocycles. The second-order valence-electron chi connectivity index (χ2n) is 10.5. The monoisotopic (exact) mass is 515 g/mol. The third-order valence-electron chi connectivity index (χ3n) is 8.29. The molecule has 196 valence electrons. The third kappa shape index (κ3) is 4.49. The highest BCUT2D eigenvalue weighted by Gasteiger charge is 2.73. The Morgan fingerprint density at radius 2 is 1.89 bits per heavy atom. The largest absolute Gasteiger partial charge is 0.494 e. The van der Waals surface area contributed by atoms with E-state index in [1.807, 2.05) is 31.2 Å². The van der Waals surface area contributed by atoms with Gasteiger partial charge in [-0.25, -0.2) is 0 Å². The lowest BCUT2D eigenvalue weighted by Crippen LogP contribution is -2.55. The summed E-state index contributed by atoms with van der Waals surface area (Å²) in [6.07, 6.45) is 7.36. The fourth-order valence-electron chi connectivity index (χ4n) is 6.79. The molecule has 5 atom stereocenters. The van der Waals surface area contributed by atoms with Gasteiger partial charge in [0, 0.05) is 30.1 Å². The van der Waals surface area contributed by atoms with Gasteiger partial charge >= 0.3 is 0 Å². The molecule has 2 unspecified atom stereocenters. The van der Waals surface area contributed by atoms with Crippen molar-refractivity contribution < 1.29 is 24.2 Å². The maximum Gasteiger partial charge on any atom is 0.244 e. The molecule has 3 heterocycles. The molecule has 3 amide bonds.